The molecule has 0 unspecified atom stereocenters. The Morgan fingerprint density at radius 2 is 2.00 bits per heavy atom. The number of nitrogens with zero attached hydrogens (tertiary/aromatic N) is 3. The van der Waals surface area contributed by atoms with E-state index in [2.05, 4.69) is 10.1 Å². The molecule has 100 valence electrons. The van der Waals surface area contributed by atoms with E-state index in [0.29, 0.717) is 22.0 Å². The van der Waals surface area contributed by atoms with Gasteiger partial charge >= 0.3 is 0 Å². The van der Waals surface area contributed by atoms with Crippen molar-refractivity contribution in [2.75, 3.05) is 0 Å². The summed E-state index contributed by atoms with van der Waals surface area (Å²) in [6, 6.07) is 11.9. The van der Waals surface area contributed by atoms with Gasteiger partial charge in [-0.15, -0.1) is 16.7 Å². The first-order chi connectivity index (χ1) is 9.69. The van der Waals surface area contributed by atoms with Crippen molar-refractivity contribution in [1.82, 2.24) is 14.6 Å². The molecule has 0 spiro atoms. The molecular weight excluding hydrogens is 292 g/mol. The first-order valence-corrected chi connectivity index (χ1v) is 6.94. The van der Waals surface area contributed by atoms with Gasteiger partial charge in [-0.2, -0.15) is 0 Å². The smallest absolute Gasteiger partial charge is 0.166 e. The third-order valence-corrected chi connectivity index (χ3v) is 3.43. The molecule has 2 heterocycles. The third-order valence-electron chi connectivity index (χ3n) is 2.97. The zero-order valence-corrected chi connectivity index (χ0v) is 12.0. The van der Waals surface area contributed by atoms with Crippen LogP contribution in [0.2, 0.25) is 0 Å². The van der Waals surface area contributed by atoms with Gasteiger partial charge in [-0.3, -0.25) is 0 Å². The Balaban J connectivity index is 2.27. The van der Waals surface area contributed by atoms with Crippen molar-refractivity contribution in [3.05, 3.63) is 54.0 Å². The Labute approximate surface area is 126 Å². The Bertz CT molecular complexity index is 782. The predicted molar refractivity (Wildman–Crippen MR) is 83.9 cm³/mol. The van der Waals surface area contributed by atoms with Crippen LogP contribution in [-0.2, 0) is 5.88 Å². The molecule has 0 saturated heterocycles. The van der Waals surface area contributed by atoms with Gasteiger partial charge in [0.05, 0.1) is 11.4 Å². The average Bonchev–Trinajstić information content (AvgIpc) is 2.89. The summed E-state index contributed by atoms with van der Waals surface area (Å²) in [7, 11) is 0. The number of aromatic nitrogens is 3. The third kappa shape index (κ3) is 2.26. The molecule has 3 rings (SSSR count). The molecule has 2 aromatic heterocycles. The summed E-state index contributed by atoms with van der Waals surface area (Å²) in [5, 5.41) is 4.32. The molecule has 0 atom stereocenters. The summed E-state index contributed by atoms with van der Waals surface area (Å²) in [5.41, 5.74) is 9.17. The summed E-state index contributed by atoms with van der Waals surface area (Å²) in [5.74, 6) is 0.799. The second-order valence-electron chi connectivity index (χ2n) is 4.30. The van der Waals surface area contributed by atoms with Gasteiger partial charge in [-0.25, -0.2) is 9.50 Å². The van der Waals surface area contributed by atoms with E-state index in [1.54, 1.807) is 4.52 Å². The van der Waals surface area contributed by atoms with E-state index in [0.717, 1.165) is 11.1 Å². The molecule has 0 saturated carbocycles. The highest BCUT2D eigenvalue weighted by Crippen LogP contribution is 2.22. The fourth-order valence-corrected chi connectivity index (χ4v) is 2.32. The Kier molecular flexibility index (Phi) is 3.38. The van der Waals surface area contributed by atoms with E-state index in [1.165, 1.54) is 0 Å². The van der Waals surface area contributed by atoms with Gasteiger partial charge in [0.25, 0.3) is 0 Å². The summed E-state index contributed by atoms with van der Waals surface area (Å²) in [4.78, 5) is 4.63. The first-order valence-electron chi connectivity index (χ1n) is 5.99. The van der Waals surface area contributed by atoms with Crippen LogP contribution in [0.1, 0.15) is 11.4 Å². The maximum Gasteiger partial charge on any atom is 0.166 e. The lowest BCUT2D eigenvalue weighted by molar-refractivity contribution is 0.923. The van der Waals surface area contributed by atoms with Gasteiger partial charge in [0.2, 0.25) is 0 Å². The number of benzene rings is 1. The molecule has 0 aliphatic rings. The average molecular weight is 303 g/mol. The van der Waals surface area contributed by atoms with Crippen molar-refractivity contribution in [3.8, 4) is 11.1 Å². The second-order valence-corrected chi connectivity index (χ2v) is 5.01. The Morgan fingerprint density at radius 3 is 2.65 bits per heavy atom. The summed E-state index contributed by atoms with van der Waals surface area (Å²) in [6.07, 6.45) is 1.90. The lowest BCUT2D eigenvalue weighted by atomic mass is 10.1. The lowest BCUT2D eigenvalue weighted by Gasteiger charge is -2.06. The highest BCUT2D eigenvalue weighted by molar-refractivity contribution is 7.80. The number of hydrogen-bond donors (Lipinski definition) is 1. The molecule has 0 aliphatic heterocycles. The van der Waals surface area contributed by atoms with E-state index < -0.39 is 0 Å². The molecule has 6 heteroatoms. The van der Waals surface area contributed by atoms with Crippen LogP contribution in [0.25, 0.3) is 16.8 Å². The minimum atomic E-state index is 0.249. The van der Waals surface area contributed by atoms with Crippen LogP contribution < -0.4 is 5.73 Å². The predicted octanol–water partition coefficient (Wildman–Crippen LogP) is 2.77. The van der Waals surface area contributed by atoms with Crippen LogP contribution in [0.15, 0.2) is 42.6 Å². The number of alkyl halides is 1. The summed E-state index contributed by atoms with van der Waals surface area (Å²) >= 11 is 10.9. The molecule has 0 amide bonds. The molecule has 0 radical (unpaired) electrons. The van der Waals surface area contributed by atoms with Crippen LogP contribution in [-0.4, -0.2) is 19.6 Å². The Morgan fingerprint density at radius 1 is 1.25 bits per heavy atom. The van der Waals surface area contributed by atoms with E-state index in [9.17, 15) is 0 Å². The fourth-order valence-electron chi connectivity index (χ4n) is 2.06. The summed E-state index contributed by atoms with van der Waals surface area (Å²) < 4.78 is 1.68. The summed E-state index contributed by atoms with van der Waals surface area (Å²) in [6.45, 7) is 0. The van der Waals surface area contributed by atoms with Crippen LogP contribution in [0, 0.1) is 0 Å². The van der Waals surface area contributed by atoms with Crippen LogP contribution >= 0.6 is 23.8 Å². The zero-order chi connectivity index (χ0) is 14.1. The minimum absolute atomic E-state index is 0.249. The molecule has 0 fully saturated rings. The van der Waals surface area contributed by atoms with Gasteiger partial charge in [0, 0.05) is 11.8 Å². The van der Waals surface area contributed by atoms with Crippen LogP contribution in [0.5, 0.6) is 0 Å². The van der Waals surface area contributed by atoms with Gasteiger partial charge in [0.1, 0.15) is 4.99 Å². The monoisotopic (exact) mass is 302 g/mol. The molecule has 2 N–H and O–H groups in total. The number of pyridine rings is 1. The van der Waals surface area contributed by atoms with E-state index >= 15 is 0 Å². The number of halogens is 1. The number of hydrogen-bond acceptors (Lipinski definition) is 3. The number of thiocarbonyl (C=S) groups is 1. The Hall–Kier alpha value is -1.98. The maximum absolute atomic E-state index is 5.79. The number of nitrogens with two attached hydrogens (primary N) is 1. The second kappa shape index (κ2) is 5.19. The van der Waals surface area contributed by atoms with Crippen LogP contribution in [0.3, 0.4) is 0 Å². The van der Waals surface area contributed by atoms with Crippen molar-refractivity contribution in [2.45, 2.75) is 5.88 Å². The first kappa shape index (κ1) is 13.0. The molecule has 1 aromatic carbocycles. The van der Waals surface area contributed by atoms with Gasteiger partial charge in [-0.05, 0) is 11.6 Å². The van der Waals surface area contributed by atoms with Crippen molar-refractivity contribution < 1.29 is 0 Å². The molecule has 20 heavy (non-hydrogen) atoms. The standard InChI is InChI=1S/C14H11ClN4S/c15-7-12-17-14-11(13(16)20)6-10(8-19(14)18-12)9-4-2-1-3-5-9/h1-6,8H,7H2,(H2,16,20). The minimum Gasteiger partial charge on any atom is -0.389 e. The normalized spacial score (nSPS) is 10.8. The highest BCUT2D eigenvalue weighted by Gasteiger charge is 2.12. The van der Waals surface area contributed by atoms with E-state index in [-0.39, 0.29) is 5.88 Å². The molecule has 4 nitrogen and oxygen atoms in total. The molecule has 0 bridgehead atoms. The van der Waals surface area contributed by atoms with Gasteiger partial charge < -0.3 is 5.73 Å². The SMILES string of the molecule is NC(=S)c1cc(-c2ccccc2)cn2nc(CCl)nc12. The molecular formula is C14H11ClN4S. The van der Waals surface area contributed by atoms with Crippen molar-refractivity contribution in [1.29, 1.82) is 0 Å². The van der Waals surface area contributed by atoms with Crippen molar-refractivity contribution in [3.63, 3.8) is 0 Å². The van der Waals surface area contributed by atoms with Crippen LogP contribution in [0.4, 0.5) is 0 Å². The maximum atomic E-state index is 5.79. The highest BCUT2D eigenvalue weighted by atomic mass is 35.5. The molecule has 3 aromatic rings. The van der Waals surface area contributed by atoms with Crippen molar-refractivity contribution >= 4 is 34.5 Å². The lowest BCUT2D eigenvalue weighted by Crippen LogP contribution is -2.11. The number of rotatable bonds is 3. The van der Waals surface area contributed by atoms with Gasteiger partial charge in [0.15, 0.2) is 11.5 Å². The topological polar surface area (TPSA) is 56.2 Å². The quantitative estimate of drug-likeness (QED) is 0.597. The zero-order valence-electron chi connectivity index (χ0n) is 10.5. The van der Waals surface area contributed by atoms with E-state index in [4.69, 9.17) is 29.6 Å². The fraction of sp³-hybridized carbons (Fsp3) is 0.0714. The van der Waals surface area contributed by atoms with E-state index in [1.807, 2.05) is 42.6 Å². The van der Waals surface area contributed by atoms with Gasteiger partial charge in [-0.1, -0.05) is 42.5 Å². The van der Waals surface area contributed by atoms with Crippen molar-refractivity contribution in [2.24, 2.45) is 5.73 Å². The number of fused-ring (bicyclic) bond motifs is 1. The largest absolute Gasteiger partial charge is 0.389 e. The molecule has 0 aliphatic carbocycles.